The van der Waals surface area contributed by atoms with Gasteiger partial charge in [0.1, 0.15) is 24.4 Å². The molecule has 0 radical (unpaired) electrons. The van der Waals surface area contributed by atoms with Crippen molar-refractivity contribution < 1.29 is 14.6 Å². The average molecular weight is 234 g/mol. The van der Waals surface area contributed by atoms with E-state index in [2.05, 4.69) is 15.1 Å². The first-order chi connectivity index (χ1) is 8.16. The number of aryl methyl sites for hydroxylation is 1. The maximum Gasteiger partial charge on any atom is 0.354 e. The van der Waals surface area contributed by atoms with E-state index in [1.807, 2.05) is 0 Å². The van der Waals surface area contributed by atoms with E-state index in [1.165, 1.54) is 18.6 Å². The zero-order valence-electron chi connectivity index (χ0n) is 9.07. The number of nitrogens with zero attached hydrogens (tertiary/aromatic N) is 4. The maximum atomic E-state index is 10.6. The molecule has 0 fully saturated rings. The summed E-state index contributed by atoms with van der Waals surface area (Å²) in [4.78, 5) is 18.3. The minimum absolute atomic E-state index is 0.0176. The van der Waals surface area contributed by atoms with Crippen LogP contribution in [0.3, 0.4) is 0 Å². The van der Waals surface area contributed by atoms with E-state index in [4.69, 9.17) is 9.84 Å². The number of pyridine rings is 1. The molecule has 0 bridgehead atoms. The molecule has 2 aromatic rings. The molecule has 2 aromatic heterocycles. The topological polar surface area (TPSA) is 90.1 Å². The van der Waals surface area contributed by atoms with Crippen LogP contribution in [-0.4, -0.2) is 30.8 Å². The number of hydrogen-bond donors (Lipinski definition) is 1. The molecule has 17 heavy (non-hydrogen) atoms. The fraction of sp³-hybridized carbons (Fsp3) is 0.200. The molecule has 0 aliphatic carbocycles. The Hall–Kier alpha value is -2.44. The van der Waals surface area contributed by atoms with Crippen molar-refractivity contribution in [3.63, 3.8) is 0 Å². The lowest BCUT2D eigenvalue weighted by atomic mass is 10.3. The summed E-state index contributed by atoms with van der Waals surface area (Å²) in [5, 5.41) is 12.6. The Morgan fingerprint density at radius 3 is 2.82 bits per heavy atom. The highest BCUT2D eigenvalue weighted by atomic mass is 16.5. The molecule has 0 amide bonds. The smallest absolute Gasteiger partial charge is 0.354 e. The predicted molar refractivity (Wildman–Crippen MR) is 56.5 cm³/mol. The van der Waals surface area contributed by atoms with E-state index in [9.17, 15) is 4.79 Å². The monoisotopic (exact) mass is 234 g/mol. The largest absolute Gasteiger partial charge is 0.484 e. The van der Waals surface area contributed by atoms with Crippen LogP contribution in [0.15, 0.2) is 24.7 Å². The van der Waals surface area contributed by atoms with Gasteiger partial charge >= 0.3 is 5.97 Å². The van der Waals surface area contributed by atoms with Gasteiger partial charge in [-0.3, -0.25) is 4.68 Å². The van der Waals surface area contributed by atoms with E-state index in [0.717, 1.165) is 0 Å². The summed E-state index contributed by atoms with van der Waals surface area (Å²) < 4.78 is 6.98. The van der Waals surface area contributed by atoms with Gasteiger partial charge in [-0.25, -0.2) is 14.8 Å². The van der Waals surface area contributed by atoms with Crippen LogP contribution in [0.1, 0.15) is 16.3 Å². The van der Waals surface area contributed by atoms with Crippen molar-refractivity contribution in [2.75, 3.05) is 0 Å². The summed E-state index contributed by atoms with van der Waals surface area (Å²) in [5.74, 6) is 0.0927. The van der Waals surface area contributed by atoms with Gasteiger partial charge < -0.3 is 9.84 Å². The van der Waals surface area contributed by atoms with Crippen molar-refractivity contribution in [3.8, 4) is 5.75 Å². The maximum absolute atomic E-state index is 10.6. The Labute approximate surface area is 96.7 Å². The number of hydrogen-bond acceptors (Lipinski definition) is 5. The van der Waals surface area contributed by atoms with E-state index in [1.54, 1.807) is 17.8 Å². The molecule has 0 aliphatic heterocycles. The van der Waals surface area contributed by atoms with Crippen molar-refractivity contribution in [1.29, 1.82) is 0 Å². The van der Waals surface area contributed by atoms with Crippen LogP contribution in [0, 0.1) is 0 Å². The quantitative estimate of drug-likeness (QED) is 0.827. The molecule has 0 unspecified atom stereocenters. The molecule has 0 saturated carbocycles. The molecule has 0 aromatic carbocycles. The summed E-state index contributed by atoms with van der Waals surface area (Å²) in [6.45, 7) is 0.255. The lowest BCUT2D eigenvalue weighted by Gasteiger charge is -2.04. The van der Waals surface area contributed by atoms with Crippen LogP contribution in [0.4, 0.5) is 0 Å². The molecule has 1 N–H and O–H groups in total. The molecule has 0 spiro atoms. The number of rotatable bonds is 4. The molecule has 2 heterocycles. The van der Waals surface area contributed by atoms with Gasteiger partial charge in [-0.15, -0.1) is 0 Å². The van der Waals surface area contributed by atoms with Crippen LogP contribution < -0.4 is 4.74 Å². The van der Waals surface area contributed by atoms with Crippen molar-refractivity contribution in [1.82, 2.24) is 19.7 Å². The normalized spacial score (nSPS) is 10.2. The van der Waals surface area contributed by atoms with Crippen LogP contribution in [0.5, 0.6) is 5.75 Å². The molecule has 0 aliphatic rings. The summed E-state index contributed by atoms with van der Waals surface area (Å²) in [6.07, 6.45) is 2.80. The Balaban J connectivity index is 2.00. The highest BCUT2D eigenvalue weighted by Gasteiger charge is 2.05. The fourth-order valence-corrected chi connectivity index (χ4v) is 1.19. The zero-order valence-corrected chi connectivity index (χ0v) is 9.07. The van der Waals surface area contributed by atoms with Crippen LogP contribution in [-0.2, 0) is 13.7 Å². The van der Waals surface area contributed by atoms with Gasteiger partial charge in [0.05, 0.1) is 6.20 Å². The Kier molecular flexibility index (Phi) is 2.99. The number of aromatic nitrogens is 4. The Bertz CT molecular complexity index is 521. The summed E-state index contributed by atoms with van der Waals surface area (Å²) in [6, 6.07) is 2.93. The third-order valence-corrected chi connectivity index (χ3v) is 2.13. The summed E-state index contributed by atoms with van der Waals surface area (Å²) in [7, 11) is 1.76. The second-order valence-electron chi connectivity index (χ2n) is 3.27. The van der Waals surface area contributed by atoms with Crippen molar-refractivity contribution in [3.05, 3.63) is 36.2 Å². The van der Waals surface area contributed by atoms with E-state index in [-0.39, 0.29) is 12.3 Å². The third-order valence-electron chi connectivity index (χ3n) is 2.13. The first-order valence-electron chi connectivity index (χ1n) is 4.82. The van der Waals surface area contributed by atoms with Gasteiger partial charge in [-0.1, -0.05) is 0 Å². The molecular formula is C10H10N4O3. The van der Waals surface area contributed by atoms with E-state index < -0.39 is 5.97 Å². The molecular weight excluding hydrogens is 224 g/mol. The highest BCUT2D eigenvalue weighted by molar-refractivity contribution is 5.85. The number of ether oxygens (including phenoxy) is 1. The molecule has 7 heteroatoms. The fourth-order valence-electron chi connectivity index (χ4n) is 1.19. The standard InChI is InChI=1S/C10H10N4O3/c1-14-9(12-6-13-14)5-17-7-2-3-8(10(15)16)11-4-7/h2-4,6H,5H2,1H3,(H,15,16). The number of carbonyl (C=O) groups is 1. The average Bonchev–Trinajstić information content (AvgIpc) is 2.73. The predicted octanol–water partition coefficient (Wildman–Crippen LogP) is 0.487. The molecule has 0 atom stereocenters. The zero-order chi connectivity index (χ0) is 12.3. The number of carboxylic acid groups (broad SMARTS) is 1. The van der Waals surface area contributed by atoms with Crippen LogP contribution >= 0.6 is 0 Å². The van der Waals surface area contributed by atoms with Crippen molar-refractivity contribution >= 4 is 5.97 Å². The minimum atomic E-state index is -1.06. The van der Waals surface area contributed by atoms with Crippen molar-refractivity contribution in [2.45, 2.75) is 6.61 Å². The molecule has 7 nitrogen and oxygen atoms in total. The first kappa shape index (κ1) is 11.1. The van der Waals surface area contributed by atoms with E-state index in [0.29, 0.717) is 11.6 Å². The first-order valence-corrected chi connectivity index (χ1v) is 4.82. The van der Waals surface area contributed by atoms with Crippen LogP contribution in [0.25, 0.3) is 0 Å². The minimum Gasteiger partial charge on any atom is -0.484 e. The lowest BCUT2D eigenvalue weighted by molar-refractivity contribution is 0.0690. The molecule has 88 valence electrons. The van der Waals surface area contributed by atoms with Gasteiger partial charge in [-0.05, 0) is 12.1 Å². The Morgan fingerprint density at radius 1 is 1.47 bits per heavy atom. The second kappa shape index (κ2) is 4.60. The van der Waals surface area contributed by atoms with Crippen LogP contribution in [0.2, 0.25) is 0 Å². The SMILES string of the molecule is Cn1ncnc1COc1ccc(C(=O)O)nc1. The third kappa shape index (κ3) is 2.57. The lowest BCUT2D eigenvalue weighted by Crippen LogP contribution is -2.05. The summed E-state index contributed by atoms with van der Waals surface area (Å²) >= 11 is 0. The van der Waals surface area contributed by atoms with Gasteiger partial charge in [0.15, 0.2) is 5.82 Å². The van der Waals surface area contributed by atoms with E-state index >= 15 is 0 Å². The number of aromatic carboxylic acids is 1. The number of carboxylic acids is 1. The van der Waals surface area contributed by atoms with Gasteiger partial charge in [0.2, 0.25) is 0 Å². The van der Waals surface area contributed by atoms with Gasteiger partial charge in [-0.2, -0.15) is 5.10 Å². The molecule has 2 rings (SSSR count). The summed E-state index contributed by atoms with van der Waals surface area (Å²) in [5.41, 5.74) is -0.0176. The Morgan fingerprint density at radius 2 is 2.29 bits per heavy atom. The second-order valence-corrected chi connectivity index (χ2v) is 3.27. The van der Waals surface area contributed by atoms with Crippen molar-refractivity contribution in [2.24, 2.45) is 7.05 Å². The highest BCUT2D eigenvalue weighted by Crippen LogP contribution is 2.10. The van der Waals surface area contributed by atoms with Gasteiger partial charge in [0.25, 0.3) is 0 Å². The van der Waals surface area contributed by atoms with Gasteiger partial charge in [0, 0.05) is 7.05 Å². The molecule has 0 saturated heterocycles.